The number of ether oxygens (including phenoxy) is 1. The Morgan fingerprint density at radius 3 is 2.30 bits per heavy atom. The molecule has 0 saturated carbocycles. The fourth-order valence-electron chi connectivity index (χ4n) is 2.41. The van der Waals surface area contributed by atoms with Crippen molar-refractivity contribution in [3.05, 3.63) is 0 Å². The lowest BCUT2D eigenvalue weighted by Gasteiger charge is -2.36. The van der Waals surface area contributed by atoms with Crippen LogP contribution in [0.25, 0.3) is 0 Å². The van der Waals surface area contributed by atoms with Gasteiger partial charge in [0.1, 0.15) is 0 Å². The van der Waals surface area contributed by atoms with Gasteiger partial charge in [-0.25, -0.2) is 0 Å². The lowest BCUT2D eigenvalue weighted by Crippen LogP contribution is -2.51. The molecule has 2 amide bonds. The third kappa shape index (κ3) is 5.46. The Bertz CT molecular complexity index is 326. The number of hydrogen-bond donors (Lipinski definition) is 1. The third-order valence-corrected chi connectivity index (χ3v) is 3.32. The molecule has 0 bridgehead atoms. The van der Waals surface area contributed by atoms with Crippen molar-refractivity contribution in [1.82, 2.24) is 15.1 Å². The van der Waals surface area contributed by atoms with Crippen LogP contribution in [0.5, 0.6) is 0 Å². The standard InChI is InChI=1S/C14H27N3O3/c1-5-15-13(18)9-16(6-2)10-14(19)17-7-11(3)20-12(4)8-17/h11-12H,5-10H2,1-4H3,(H,15,18). The van der Waals surface area contributed by atoms with E-state index in [0.29, 0.717) is 26.2 Å². The van der Waals surface area contributed by atoms with Crippen LogP contribution in [-0.4, -0.2) is 73.1 Å². The summed E-state index contributed by atoms with van der Waals surface area (Å²) in [5.74, 6) is 0.0315. The van der Waals surface area contributed by atoms with Crippen LogP contribution in [0.4, 0.5) is 0 Å². The van der Waals surface area contributed by atoms with Crippen LogP contribution < -0.4 is 5.32 Å². The van der Waals surface area contributed by atoms with E-state index in [1.165, 1.54) is 0 Å². The van der Waals surface area contributed by atoms with E-state index >= 15 is 0 Å². The molecule has 1 rings (SSSR count). The van der Waals surface area contributed by atoms with Gasteiger partial charge in [0, 0.05) is 19.6 Å². The highest BCUT2D eigenvalue weighted by atomic mass is 16.5. The van der Waals surface area contributed by atoms with E-state index in [0.717, 1.165) is 0 Å². The van der Waals surface area contributed by atoms with Gasteiger partial charge in [-0.1, -0.05) is 6.92 Å². The summed E-state index contributed by atoms with van der Waals surface area (Å²) in [6, 6.07) is 0. The average molecular weight is 285 g/mol. The highest BCUT2D eigenvalue weighted by Gasteiger charge is 2.26. The zero-order valence-electron chi connectivity index (χ0n) is 13.0. The zero-order valence-corrected chi connectivity index (χ0v) is 13.0. The maximum atomic E-state index is 12.3. The molecule has 2 unspecified atom stereocenters. The van der Waals surface area contributed by atoms with E-state index in [1.807, 2.05) is 37.5 Å². The van der Waals surface area contributed by atoms with Crippen LogP contribution in [0.3, 0.4) is 0 Å². The number of rotatable bonds is 6. The topological polar surface area (TPSA) is 61.9 Å². The van der Waals surface area contributed by atoms with E-state index in [1.54, 1.807) is 0 Å². The molecule has 6 nitrogen and oxygen atoms in total. The van der Waals surface area contributed by atoms with Crippen LogP contribution in [0.2, 0.25) is 0 Å². The highest BCUT2D eigenvalue weighted by molar-refractivity contribution is 5.81. The second-order valence-electron chi connectivity index (χ2n) is 5.31. The van der Waals surface area contributed by atoms with Gasteiger partial charge in [-0.15, -0.1) is 0 Å². The summed E-state index contributed by atoms with van der Waals surface area (Å²) in [4.78, 5) is 27.6. The van der Waals surface area contributed by atoms with Crippen molar-refractivity contribution in [3.63, 3.8) is 0 Å². The minimum Gasteiger partial charge on any atom is -0.372 e. The molecule has 0 aromatic rings. The molecule has 116 valence electrons. The molecule has 1 heterocycles. The fourth-order valence-corrected chi connectivity index (χ4v) is 2.41. The Hall–Kier alpha value is -1.14. The molecule has 0 aromatic carbocycles. The molecule has 1 saturated heterocycles. The third-order valence-electron chi connectivity index (χ3n) is 3.32. The number of nitrogens with zero attached hydrogens (tertiary/aromatic N) is 2. The Balaban J connectivity index is 2.47. The van der Waals surface area contributed by atoms with Gasteiger partial charge >= 0.3 is 0 Å². The van der Waals surface area contributed by atoms with E-state index in [-0.39, 0.29) is 37.1 Å². The van der Waals surface area contributed by atoms with E-state index < -0.39 is 0 Å². The monoisotopic (exact) mass is 285 g/mol. The zero-order chi connectivity index (χ0) is 15.1. The predicted molar refractivity (Wildman–Crippen MR) is 77.4 cm³/mol. The molecule has 20 heavy (non-hydrogen) atoms. The molecule has 0 aliphatic carbocycles. The minimum atomic E-state index is -0.0362. The summed E-state index contributed by atoms with van der Waals surface area (Å²) >= 11 is 0. The van der Waals surface area contributed by atoms with Crippen molar-refractivity contribution in [2.24, 2.45) is 0 Å². The van der Waals surface area contributed by atoms with Crippen molar-refractivity contribution < 1.29 is 14.3 Å². The van der Waals surface area contributed by atoms with Crippen LogP contribution in [0, 0.1) is 0 Å². The SMILES string of the molecule is CCNC(=O)CN(CC)CC(=O)N1CC(C)OC(C)C1. The Morgan fingerprint density at radius 2 is 1.80 bits per heavy atom. The summed E-state index contributed by atoms with van der Waals surface area (Å²) in [6.45, 7) is 10.9. The number of hydrogen-bond acceptors (Lipinski definition) is 4. The normalized spacial score (nSPS) is 22.9. The first kappa shape index (κ1) is 16.9. The molecule has 1 aliphatic heterocycles. The van der Waals surface area contributed by atoms with Gasteiger partial charge in [-0.05, 0) is 27.3 Å². The van der Waals surface area contributed by atoms with Crippen molar-refractivity contribution in [3.8, 4) is 0 Å². The minimum absolute atomic E-state index is 0.0362. The van der Waals surface area contributed by atoms with Crippen molar-refractivity contribution in [2.75, 3.05) is 39.3 Å². The van der Waals surface area contributed by atoms with E-state index in [2.05, 4.69) is 5.32 Å². The second kappa shape index (κ2) is 8.21. The first-order valence-corrected chi connectivity index (χ1v) is 7.38. The van der Waals surface area contributed by atoms with Crippen LogP contribution >= 0.6 is 0 Å². The summed E-state index contributed by atoms with van der Waals surface area (Å²) in [5, 5.41) is 2.75. The quantitative estimate of drug-likeness (QED) is 0.751. The fraction of sp³-hybridized carbons (Fsp3) is 0.857. The molecule has 0 radical (unpaired) electrons. The Kier molecular flexibility index (Phi) is 6.95. The van der Waals surface area contributed by atoms with Gasteiger partial charge in [0.2, 0.25) is 11.8 Å². The molecule has 0 aromatic heterocycles. The van der Waals surface area contributed by atoms with Gasteiger partial charge in [0.15, 0.2) is 0 Å². The highest BCUT2D eigenvalue weighted by Crippen LogP contribution is 2.11. The molecule has 1 aliphatic rings. The lowest BCUT2D eigenvalue weighted by molar-refractivity contribution is -0.144. The number of amides is 2. The van der Waals surface area contributed by atoms with Gasteiger partial charge in [0.05, 0.1) is 25.3 Å². The van der Waals surface area contributed by atoms with E-state index in [4.69, 9.17) is 4.74 Å². The number of carbonyl (C=O) groups is 2. The summed E-state index contributed by atoms with van der Waals surface area (Å²) in [6.07, 6.45) is 0.141. The van der Waals surface area contributed by atoms with Gasteiger partial charge in [-0.2, -0.15) is 0 Å². The van der Waals surface area contributed by atoms with Crippen molar-refractivity contribution in [2.45, 2.75) is 39.9 Å². The molecular weight excluding hydrogens is 258 g/mol. The Morgan fingerprint density at radius 1 is 1.20 bits per heavy atom. The van der Waals surface area contributed by atoms with Crippen LogP contribution in [0.15, 0.2) is 0 Å². The lowest BCUT2D eigenvalue weighted by atomic mass is 10.2. The van der Waals surface area contributed by atoms with E-state index in [9.17, 15) is 9.59 Å². The van der Waals surface area contributed by atoms with Crippen molar-refractivity contribution >= 4 is 11.8 Å². The molecule has 1 fully saturated rings. The number of likely N-dealkylation sites (N-methyl/N-ethyl adjacent to an activating group) is 2. The van der Waals surface area contributed by atoms with Gasteiger partial charge in [0.25, 0.3) is 0 Å². The maximum Gasteiger partial charge on any atom is 0.236 e. The summed E-state index contributed by atoms with van der Waals surface area (Å²) in [7, 11) is 0. The smallest absolute Gasteiger partial charge is 0.236 e. The first-order valence-electron chi connectivity index (χ1n) is 7.38. The van der Waals surface area contributed by atoms with Crippen LogP contribution in [-0.2, 0) is 14.3 Å². The van der Waals surface area contributed by atoms with Gasteiger partial charge < -0.3 is 15.0 Å². The maximum absolute atomic E-state index is 12.3. The average Bonchev–Trinajstić information content (AvgIpc) is 2.36. The number of nitrogens with one attached hydrogen (secondary N) is 1. The largest absolute Gasteiger partial charge is 0.372 e. The second-order valence-corrected chi connectivity index (χ2v) is 5.31. The first-order chi connectivity index (χ1) is 9.46. The molecule has 6 heteroatoms. The molecular formula is C14H27N3O3. The Labute approximate surface area is 121 Å². The molecule has 2 atom stereocenters. The van der Waals surface area contributed by atoms with Crippen molar-refractivity contribution in [1.29, 1.82) is 0 Å². The number of morpholine rings is 1. The number of carbonyl (C=O) groups excluding carboxylic acids is 2. The van der Waals surface area contributed by atoms with Gasteiger partial charge in [-0.3, -0.25) is 14.5 Å². The summed E-state index contributed by atoms with van der Waals surface area (Å²) < 4.78 is 5.62. The predicted octanol–water partition coefficient (Wildman–Crippen LogP) is 0.0802. The molecule has 0 spiro atoms. The van der Waals surface area contributed by atoms with Crippen LogP contribution in [0.1, 0.15) is 27.7 Å². The summed E-state index contributed by atoms with van der Waals surface area (Å²) in [5.41, 5.74) is 0. The molecule has 1 N–H and O–H groups in total.